The summed E-state index contributed by atoms with van der Waals surface area (Å²) in [5.74, 6) is 0.0816. The highest BCUT2D eigenvalue weighted by atomic mass is 35.5. The Balaban J connectivity index is 1.71. The maximum absolute atomic E-state index is 12.0. The van der Waals surface area contributed by atoms with E-state index in [1.165, 1.54) is 32.1 Å². The Hall–Kier alpha value is -0.770. The highest BCUT2D eigenvalue weighted by molar-refractivity contribution is 6.35. The van der Waals surface area contributed by atoms with E-state index in [0.717, 1.165) is 12.0 Å². The third-order valence-electron chi connectivity index (χ3n) is 4.32. The lowest BCUT2D eigenvalue weighted by molar-refractivity contribution is -0.122. The van der Waals surface area contributed by atoms with Crippen molar-refractivity contribution in [3.63, 3.8) is 0 Å². The first-order valence-corrected chi connectivity index (χ1v) is 8.72. The summed E-state index contributed by atoms with van der Waals surface area (Å²) in [5, 5.41) is 4.26. The Bertz CT molecular complexity index is 501. The number of halogens is 2. The smallest absolute Gasteiger partial charge is 0.234 e. The Labute approximate surface area is 143 Å². The molecular formula is C17H24Cl2N2O. The van der Waals surface area contributed by atoms with E-state index in [-0.39, 0.29) is 5.91 Å². The number of carbonyl (C=O) groups is 1. The fourth-order valence-corrected chi connectivity index (χ4v) is 3.50. The number of amides is 1. The van der Waals surface area contributed by atoms with E-state index in [2.05, 4.69) is 10.2 Å². The van der Waals surface area contributed by atoms with E-state index in [1.54, 1.807) is 6.07 Å². The minimum atomic E-state index is 0.0816. The molecule has 0 aromatic heterocycles. The first-order chi connectivity index (χ1) is 10.6. The molecular weight excluding hydrogens is 319 g/mol. The minimum absolute atomic E-state index is 0.0816. The molecule has 1 amide bonds. The number of rotatable bonds is 6. The number of nitrogens with zero attached hydrogens (tertiary/aromatic N) is 1. The molecule has 3 nitrogen and oxygen atoms in total. The monoisotopic (exact) mass is 342 g/mol. The predicted molar refractivity (Wildman–Crippen MR) is 92.7 cm³/mol. The number of hydrogen-bond donors (Lipinski definition) is 1. The number of hydrogen-bond acceptors (Lipinski definition) is 2. The summed E-state index contributed by atoms with van der Waals surface area (Å²) in [5.41, 5.74) is 1.01. The van der Waals surface area contributed by atoms with Gasteiger partial charge in [0.2, 0.25) is 5.91 Å². The van der Waals surface area contributed by atoms with Gasteiger partial charge in [0, 0.05) is 22.6 Å². The van der Waals surface area contributed by atoms with E-state index < -0.39 is 0 Å². The standard InChI is InChI=1S/C17H24Cl2N2O/c1-21(15-5-3-2-4-6-15)12-17(22)20-10-9-13-7-8-14(18)11-16(13)19/h7-8,11,15H,2-6,9-10,12H2,1H3,(H,20,22). The molecule has 0 radical (unpaired) electrons. The van der Waals surface area contributed by atoms with Gasteiger partial charge in [-0.25, -0.2) is 0 Å². The van der Waals surface area contributed by atoms with Gasteiger partial charge < -0.3 is 5.32 Å². The van der Waals surface area contributed by atoms with E-state index >= 15 is 0 Å². The molecule has 0 saturated heterocycles. The van der Waals surface area contributed by atoms with Crippen LogP contribution in [0.4, 0.5) is 0 Å². The third kappa shape index (κ3) is 5.45. The second kappa shape index (κ2) is 8.76. The molecule has 2 rings (SSSR count). The molecule has 22 heavy (non-hydrogen) atoms. The van der Waals surface area contributed by atoms with Crippen molar-refractivity contribution in [3.8, 4) is 0 Å². The van der Waals surface area contributed by atoms with Gasteiger partial charge in [0.25, 0.3) is 0 Å². The Kier molecular flexibility index (Phi) is 7.00. The molecule has 5 heteroatoms. The van der Waals surface area contributed by atoms with Crippen LogP contribution >= 0.6 is 23.2 Å². The van der Waals surface area contributed by atoms with Gasteiger partial charge in [-0.1, -0.05) is 48.5 Å². The molecule has 1 aromatic rings. The zero-order valence-corrected chi connectivity index (χ0v) is 14.6. The van der Waals surface area contributed by atoms with Crippen LogP contribution in [0, 0.1) is 0 Å². The van der Waals surface area contributed by atoms with Crippen LogP contribution in [0.15, 0.2) is 18.2 Å². The van der Waals surface area contributed by atoms with Gasteiger partial charge in [-0.05, 0) is 44.0 Å². The van der Waals surface area contributed by atoms with Gasteiger partial charge in [-0.2, -0.15) is 0 Å². The number of benzene rings is 1. The fourth-order valence-electron chi connectivity index (χ4n) is 2.99. The Morgan fingerprint density at radius 1 is 1.27 bits per heavy atom. The predicted octanol–water partition coefficient (Wildman–Crippen LogP) is 3.92. The van der Waals surface area contributed by atoms with Crippen molar-refractivity contribution < 1.29 is 4.79 Å². The lowest BCUT2D eigenvalue weighted by atomic mass is 9.94. The van der Waals surface area contributed by atoms with Crippen LogP contribution in [-0.2, 0) is 11.2 Å². The number of likely N-dealkylation sites (N-methyl/N-ethyl adjacent to an activating group) is 1. The summed E-state index contributed by atoms with van der Waals surface area (Å²) in [7, 11) is 2.05. The van der Waals surface area contributed by atoms with Gasteiger partial charge in [-0.15, -0.1) is 0 Å². The quantitative estimate of drug-likeness (QED) is 0.849. The molecule has 0 heterocycles. The molecule has 0 bridgehead atoms. The minimum Gasteiger partial charge on any atom is -0.355 e. The second-order valence-electron chi connectivity index (χ2n) is 6.04. The first-order valence-electron chi connectivity index (χ1n) is 7.97. The summed E-state index contributed by atoms with van der Waals surface area (Å²) < 4.78 is 0. The van der Waals surface area contributed by atoms with Crippen LogP contribution in [0.5, 0.6) is 0 Å². The molecule has 1 aromatic carbocycles. The molecule has 0 unspecified atom stereocenters. The average molecular weight is 343 g/mol. The maximum Gasteiger partial charge on any atom is 0.234 e. The fraction of sp³-hybridized carbons (Fsp3) is 0.588. The van der Waals surface area contributed by atoms with E-state index in [9.17, 15) is 4.79 Å². The van der Waals surface area contributed by atoms with E-state index in [1.807, 2.05) is 19.2 Å². The SMILES string of the molecule is CN(CC(=O)NCCc1ccc(Cl)cc1Cl)C1CCCCC1. The normalized spacial score (nSPS) is 16.0. The average Bonchev–Trinajstić information content (AvgIpc) is 2.50. The van der Waals surface area contributed by atoms with Gasteiger partial charge >= 0.3 is 0 Å². The van der Waals surface area contributed by atoms with Crippen molar-refractivity contribution in [1.29, 1.82) is 0 Å². The molecule has 1 saturated carbocycles. The third-order valence-corrected chi connectivity index (χ3v) is 4.91. The number of nitrogens with one attached hydrogen (secondary N) is 1. The first kappa shape index (κ1) is 17.6. The molecule has 122 valence electrons. The van der Waals surface area contributed by atoms with Crippen LogP contribution in [0.2, 0.25) is 10.0 Å². The van der Waals surface area contributed by atoms with Gasteiger partial charge in [0.05, 0.1) is 6.54 Å². The van der Waals surface area contributed by atoms with Crippen molar-refractivity contribution in [2.75, 3.05) is 20.1 Å². The molecule has 0 atom stereocenters. The largest absolute Gasteiger partial charge is 0.355 e. The van der Waals surface area contributed by atoms with Crippen LogP contribution < -0.4 is 5.32 Å². The molecule has 1 fully saturated rings. The van der Waals surface area contributed by atoms with Gasteiger partial charge in [0.1, 0.15) is 0 Å². The second-order valence-corrected chi connectivity index (χ2v) is 6.89. The zero-order chi connectivity index (χ0) is 15.9. The molecule has 1 aliphatic rings. The molecule has 1 N–H and O–H groups in total. The highest BCUT2D eigenvalue weighted by Gasteiger charge is 2.19. The van der Waals surface area contributed by atoms with E-state index in [0.29, 0.717) is 29.2 Å². The summed E-state index contributed by atoms with van der Waals surface area (Å²) >= 11 is 12.0. The van der Waals surface area contributed by atoms with Crippen molar-refractivity contribution in [2.45, 2.75) is 44.6 Å². The topological polar surface area (TPSA) is 32.3 Å². The molecule has 1 aliphatic carbocycles. The molecule has 0 aliphatic heterocycles. The Morgan fingerprint density at radius 3 is 2.68 bits per heavy atom. The van der Waals surface area contributed by atoms with Gasteiger partial charge in [0.15, 0.2) is 0 Å². The van der Waals surface area contributed by atoms with Crippen LogP contribution in [0.25, 0.3) is 0 Å². The maximum atomic E-state index is 12.0. The summed E-state index contributed by atoms with van der Waals surface area (Å²) in [6.07, 6.45) is 7.04. The highest BCUT2D eigenvalue weighted by Crippen LogP contribution is 2.22. The zero-order valence-electron chi connectivity index (χ0n) is 13.1. The molecule has 0 spiro atoms. The number of carbonyl (C=O) groups excluding carboxylic acids is 1. The Morgan fingerprint density at radius 2 is 2.00 bits per heavy atom. The lowest BCUT2D eigenvalue weighted by Crippen LogP contribution is -2.41. The van der Waals surface area contributed by atoms with Crippen LogP contribution in [0.3, 0.4) is 0 Å². The summed E-state index contributed by atoms with van der Waals surface area (Å²) in [6.45, 7) is 1.07. The van der Waals surface area contributed by atoms with Gasteiger partial charge in [-0.3, -0.25) is 9.69 Å². The van der Waals surface area contributed by atoms with E-state index in [4.69, 9.17) is 23.2 Å². The van der Waals surface area contributed by atoms with Crippen molar-refractivity contribution in [3.05, 3.63) is 33.8 Å². The van der Waals surface area contributed by atoms with Crippen LogP contribution in [-0.4, -0.2) is 37.0 Å². The van der Waals surface area contributed by atoms with Crippen LogP contribution in [0.1, 0.15) is 37.7 Å². The summed E-state index contributed by atoms with van der Waals surface area (Å²) in [6, 6.07) is 6.02. The summed E-state index contributed by atoms with van der Waals surface area (Å²) in [4.78, 5) is 14.2. The lowest BCUT2D eigenvalue weighted by Gasteiger charge is -2.30. The van der Waals surface area contributed by atoms with Crippen molar-refractivity contribution in [1.82, 2.24) is 10.2 Å². The van der Waals surface area contributed by atoms with Crippen molar-refractivity contribution >= 4 is 29.1 Å². The van der Waals surface area contributed by atoms with Crippen molar-refractivity contribution in [2.24, 2.45) is 0 Å².